The van der Waals surface area contributed by atoms with E-state index in [0.29, 0.717) is 0 Å². The summed E-state index contributed by atoms with van der Waals surface area (Å²) in [6.07, 6.45) is 1.06. The molecule has 2 aliphatic rings. The first kappa shape index (κ1) is 19.7. The van der Waals surface area contributed by atoms with Crippen LogP contribution in [-0.2, 0) is 0 Å². The molecule has 0 aliphatic carbocycles. The van der Waals surface area contributed by atoms with E-state index in [9.17, 15) is 0 Å². The molecule has 0 aromatic heterocycles. The predicted octanol–water partition coefficient (Wildman–Crippen LogP) is 2.46. The van der Waals surface area contributed by atoms with E-state index in [4.69, 9.17) is 16.3 Å². The predicted molar refractivity (Wildman–Crippen MR) is 110 cm³/mol. The maximum Gasteiger partial charge on any atom is 0.125 e. The standard InChI is InChI=1S/C20H33ClN4O/c1-3-23-10-12-24(13-11-23)7-4-14-26-20-16-18(21)15-19(17(20)2)25-8-5-22-6-9-25/h15-16,22H,3-14H2,1-2H3. The molecule has 2 heterocycles. The molecular weight excluding hydrogens is 348 g/mol. The summed E-state index contributed by atoms with van der Waals surface area (Å²) in [6, 6.07) is 4.03. The molecule has 0 unspecified atom stereocenters. The molecule has 1 aromatic carbocycles. The van der Waals surface area contributed by atoms with Crippen LogP contribution in [0, 0.1) is 6.92 Å². The van der Waals surface area contributed by atoms with Gasteiger partial charge in [0.15, 0.2) is 0 Å². The van der Waals surface area contributed by atoms with E-state index >= 15 is 0 Å². The van der Waals surface area contributed by atoms with Crippen LogP contribution in [0.15, 0.2) is 12.1 Å². The molecular formula is C20H33ClN4O. The summed E-state index contributed by atoms with van der Waals surface area (Å²) >= 11 is 6.37. The SMILES string of the molecule is CCN1CCN(CCCOc2cc(Cl)cc(N3CCNCC3)c2C)CC1. The molecule has 146 valence electrons. The zero-order valence-electron chi connectivity index (χ0n) is 16.3. The highest BCUT2D eigenvalue weighted by Crippen LogP contribution is 2.33. The summed E-state index contributed by atoms with van der Waals surface area (Å²) in [5, 5.41) is 4.16. The molecule has 0 amide bonds. The van der Waals surface area contributed by atoms with Crippen LogP contribution >= 0.6 is 11.6 Å². The third-order valence-corrected chi connectivity index (χ3v) is 5.76. The van der Waals surface area contributed by atoms with Crippen LogP contribution in [-0.4, -0.2) is 81.9 Å². The largest absolute Gasteiger partial charge is 0.493 e. The third-order valence-electron chi connectivity index (χ3n) is 5.54. The lowest BCUT2D eigenvalue weighted by Crippen LogP contribution is -2.46. The molecule has 2 fully saturated rings. The Bertz CT molecular complexity index is 569. The van der Waals surface area contributed by atoms with E-state index in [1.54, 1.807) is 0 Å². The van der Waals surface area contributed by atoms with Crippen molar-refractivity contribution in [1.29, 1.82) is 0 Å². The number of rotatable bonds is 7. The lowest BCUT2D eigenvalue weighted by Gasteiger charge is -2.34. The van der Waals surface area contributed by atoms with Gasteiger partial charge in [-0.1, -0.05) is 18.5 Å². The Kier molecular flexibility index (Phi) is 7.43. The Labute approximate surface area is 163 Å². The van der Waals surface area contributed by atoms with E-state index in [0.717, 1.165) is 56.5 Å². The molecule has 5 nitrogen and oxygen atoms in total. The van der Waals surface area contributed by atoms with Gasteiger partial charge in [-0.2, -0.15) is 0 Å². The summed E-state index contributed by atoms with van der Waals surface area (Å²) in [4.78, 5) is 7.46. The number of nitrogens with one attached hydrogen (secondary N) is 1. The van der Waals surface area contributed by atoms with Gasteiger partial charge in [-0.3, -0.25) is 0 Å². The minimum Gasteiger partial charge on any atom is -0.493 e. The van der Waals surface area contributed by atoms with Crippen molar-refractivity contribution in [2.75, 3.05) is 77.0 Å². The van der Waals surface area contributed by atoms with Gasteiger partial charge in [0.05, 0.1) is 6.61 Å². The average molecular weight is 381 g/mol. The van der Waals surface area contributed by atoms with Crippen molar-refractivity contribution in [3.05, 3.63) is 22.7 Å². The number of anilines is 1. The Balaban J connectivity index is 1.49. The molecule has 0 atom stereocenters. The first-order chi connectivity index (χ1) is 12.7. The number of hydrogen-bond acceptors (Lipinski definition) is 5. The fourth-order valence-electron chi connectivity index (χ4n) is 3.82. The number of ether oxygens (including phenoxy) is 1. The molecule has 26 heavy (non-hydrogen) atoms. The first-order valence-electron chi connectivity index (χ1n) is 10.0. The lowest BCUT2D eigenvalue weighted by atomic mass is 10.1. The number of nitrogens with zero attached hydrogens (tertiary/aromatic N) is 3. The van der Waals surface area contributed by atoms with Crippen LogP contribution in [0.4, 0.5) is 5.69 Å². The monoisotopic (exact) mass is 380 g/mol. The summed E-state index contributed by atoms with van der Waals surface area (Å²) < 4.78 is 6.12. The van der Waals surface area contributed by atoms with Gasteiger partial charge in [0.2, 0.25) is 0 Å². The second-order valence-corrected chi connectivity index (χ2v) is 7.70. The van der Waals surface area contributed by atoms with Crippen molar-refractivity contribution in [3.63, 3.8) is 0 Å². The van der Waals surface area contributed by atoms with Gasteiger partial charge in [-0.15, -0.1) is 0 Å². The Hall–Kier alpha value is -1.01. The van der Waals surface area contributed by atoms with Gasteiger partial charge >= 0.3 is 0 Å². The maximum atomic E-state index is 6.37. The van der Waals surface area contributed by atoms with Gasteiger partial charge in [0, 0.05) is 75.2 Å². The average Bonchev–Trinajstić information content (AvgIpc) is 2.68. The number of likely N-dealkylation sites (N-methyl/N-ethyl adjacent to an activating group) is 1. The minimum atomic E-state index is 0.746. The molecule has 0 spiro atoms. The Morgan fingerprint density at radius 2 is 1.73 bits per heavy atom. The molecule has 0 saturated carbocycles. The highest BCUT2D eigenvalue weighted by molar-refractivity contribution is 6.31. The summed E-state index contributed by atoms with van der Waals surface area (Å²) in [7, 11) is 0. The molecule has 6 heteroatoms. The van der Waals surface area contributed by atoms with Crippen LogP contribution in [0.2, 0.25) is 5.02 Å². The van der Waals surface area contributed by atoms with E-state index in [1.807, 2.05) is 6.07 Å². The van der Waals surface area contributed by atoms with Crippen LogP contribution in [0.5, 0.6) is 5.75 Å². The van der Waals surface area contributed by atoms with Crippen LogP contribution in [0.3, 0.4) is 0 Å². The summed E-state index contributed by atoms with van der Waals surface area (Å²) in [6.45, 7) is 16.2. The minimum absolute atomic E-state index is 0.746. The smallest absolute Gasteiger partial charge is 0.125 e. The quantitative estimate of drug-likeness (QED) is 0.734. The normalized spacial score (nSPS) is 19.7. The topological polar surface area (TPSA) is 31.0 Å². The molecule has 0 bridgehead atoms. The lowest BCUT2D eigenvalue weighted by molar-refractivity contribution is 0.130. The highest BCUT2D eigenvalue weighted by Gasteiger charge is 2.17. The van der Waals surface area contributed by atoms with Gasteiger partial charge in [0.25, 0.3) is 0 Å². The number of benzene rings is 1. The van der Waals surface area contributed by atoms with E-state index in [-0.39, 0.29) is 0 Å². The Morgan fingerprint density at radius 1 is 1.04 bits per heavy atom. The van der Waals surface area contributed by atoms with Crippen LogP contribution < -0.4 is 15.0 Å². The zero-order valence-corrected chi connectivity index (χ0v) is 17.0. The number of halogens is 1. The van der Waals surface area contributed by atoms with Gasteiger partial charge in [0.1, 0.15) is 5.75 Å². The Morgan fingerprint density at radius 3 is 2.42 bits per heavy atom. The number of hydrogen-bond donors (Lipinski definition) is 1. The first-order valence-corrected chi connectivity index (χ1v) is 10.4. The molecule has 1 aromatic rings. The summed E-state index contributed by atoms with van der Waals surface area (Å²) in [5.41, 5.74) is 2.41. The number of piperazine rings is 2. The van der Waals surface area contributed by atoms with Crippen LogP contribution in [0.25, 0.3) is 0 Å². The van der Waals surface area contributed by atoms with E-state index in [2.05, 4.69) is 39.9 Å². The zero-order chi connectivity index (χ0) is 18.4. The maximum absolute atomic E-state index is 6.37. The van der Waals surface area contributed by atoms with E-state index < -0.39 is 0 Å². The van der Waals surface area contributed by atoms with Crippen molar-refractivity contribution in [2.24, 2.45) is 0 Å². The van der Waals surface area contributed by atoms with Crippen LogP contribution in [0.1, 0.15) is 18.9 Å². The highest BCUT2D eigenvalue weighted by atomic mass is 35.5. The fraction of sp³-hybridized carbons (Fsp3) is 0.700. The second kappa shape index (κ2) is 9.79. The van der Waals surface area contributed by atoms with Crippen molar-refractivity contribution < 1.29 is 4.74 Å². The molecule has 2 saturated heterocycles. The summed E-state index contributed by atoms with van der Waals surface area (Å²) in [5.74, 6) is 0.932. The van der Waals surface area contributed by atoms with Crippen molar-refractivity contribution in [2.45, 2.75) is 20.3 Å². The van der Waals surface area contributed by atoms with Gasteiger partial charge in [-0.05, 0) is 32.0 Å². The van der Waals surface area contributed by atoms with Gasteiger partial charge in [-0.25, -0.2) is 0 Å². The molecule has 2 aliphatic heterocycles. The molecule has 1 N–H and O–H groups in total. The second-order valence-electron chi connectivity index (χ2n) is 7.26. The van der Waals surface area contributed by atoms with E-state index in [1.165, 1.54) is 44.0 Å². The van der Waals surface area contributed by atoms with Gasteiger partial charge < -0.3 is 24.8 Å². The van der Waals surface area contributed by atoms with Crippen molar-refractivity contribution >= 4 is 17.3 Å². The van der Waals surface area contributed by atoms with Crippen molar-refractivity contribution in [3.8, 4) is 5.75 Å². The third kappa shape index (κ3) is 5.26. The molecule has 3 rings (SSSR count). The fourth-order valence-corrected chi connectivity index (χ4v) is 4.03. The molecule has 0 radical (unpaired) electrons. The van der Waals surface area contributed by atoms with Crippen molar-refractivity contribution in [1.82, 2.24) is 15.1 Å².